The highest BCUT2D eigenvalue weighted by Crippen LogP contribution is 2.26. The third-order valence-corrected chi connectivity index (χ3v) is 2.96. The molecule has 1 aromatic heterocycles. The molecule has 0 radical (unpaired) electrons. The lowest BCUT2D eigenvalue weighted by atomic mass is 10.0. The molecule has 0 saturated heterocycles. The number of benzene rings is 1. The fourth-order valence-electron chi connectivity index (χ4n) is 1.49. The van der Waals surface area contributed by atoms with Crippen LogP contribution in [-0.4, -0.2) is 10.2 Å². The number of rotatable bonds is 2. The van der Waals surface area contributed by atoms with Crippen molar-refractivity contribution in [1.29, 1.82) is 0 Å². The zero-order valence-electron chi connectivity index (χ0n) is 8.32. The van der Waals surface area contributed by atoms with Gasteiger partial charge in [0.1, 0.15) is 10.5 Å². The highest BCUT2D eigenvalue weighted by atomic mass is 32.1. The summed E-state index contributed by atoms with van der Waals surface area (Å²) in [5.74, 6) is 0. The first-order valence-electron chi connectivity index (χ1n) is 4.67. The topological polar surface area (TPSA) is 25.8 Å². The molecule has 72 valence electrons. The van der Waals surface area contributed by atoms with Crippen LogP contribution in [0.25, 0.3) is 10.6 Å². The molecule has 1 heterocycles. The normalized spacial score (nSPS) is 10.4. The summed E-state index contributed by atoms with van der Waals surface area (Å²) in [6.07, 6.45) is 1.04. The summed E-state index contributed by atoms with van der Waals surface area (Å²) < 4.78 is 0. The van der Waals surface area contributed by atoms with Crippen LogP contribution in [0.2, 0.25) is 0 Å². The molecule has 2 nitrogen and oxygen atoms in total. The average Bonchev–Trinajstić information content (AvgIpc) is 2.70. The van der Waals surface area contributed by atoms with Crippen LogP contribution in [0.3, 0.4) is 0 Å². The van der Waals surface area contributed by atoms with E-state index < -0.39 is 0 Å². The highest BCUT2D eigenvalue weighted by Gasteiger charge is 2.06. The summed E-state index contributed by atoms with van der Waals surface area (Å²) in [6.45, 7) is 4.26. The summed E-state index contributed by atoms with van der Waals surface area (Å²) in [5.41, 5.74) is 5.62. The van der Waals surface area contributed by atoms with Crippen LogP contribution >= 0.6 is 11.3 Å². The first kappa shape index (κ1) is 9.34. The lowest BCUT2D eigenvalue weighted by Gasteiger charge is -2.05. The fraction of sp³-hybridized carbons (Fsp3) is 0.273. The molecule has 0 spiro atoms. The molecule has 14 heavy (non-hydrogen) atoms. The van der Waals surface area contributed by atoms with Crippen LogP contribution in [0.1, 0.15) is 18.1 Å². The highest BCUT2D eigenvalue weighted by molar-refractivity contribution is 7.12. The van der Waals surface area contributed by atoms with Crippen molar-refractivity contribution in [2.45, 2.75) is 20.3 Å². The van der Waals surface area contributed by atoms with Gasteiger partial charge in [-0.05, 0) is 25.0 Å². The average molecular weight is 204 g/mol. The van der Waals surface area contributed by atoms with Crippen LogP contribution in [0.5, 0.6) is 0 Å². The first-order chi connectivity index (χ1) is 6.81. The van der Waals surface area contributed by atoms with Crippen molar-refractivity contribution in [1.82, 2.24) is 10.2 Å². The molecule has 0 bridgehead atoms. The smallest absolute Gasteiger partial charge is 0.147 e. The maximum Gasteiger partial charge on any atom is 0.147 e. The maximum atomic E-state index is 4.10. The summed E-state index contributed by atoms with van der Waals surface area (Å²) in [6, 6.07) is 6.49. The predicted molar refractivity (Wildman–Crippen MR) is 59.5 cm³/mol. The Morgan fingerprint density at radius 2 is 2.21 bits per heavy atom. The van der Waals surface area contributed by atoms with E-state index in [9.17, 15) is 0 Å². The molecule has 0 amide bonds. The minimum Gasteiger partial charge on any atom is -0.147 e. The number of hydrogen-bond donors (Lipinski definition) is 0. The number of nitrogens with zero attached hydrogens (tertiary/aromatic N) is 2. The van der Waals surface area contributed by atoms with Crippen LogP contribution in [0, 0.1) is 6.92 Å². The minimum atomic E-state index is 1.02. The van der Waals surface area contributed by atoms with Crippen LogP contribution in [-0.2, 0) is 6.42 Å². The van der Waals surface area contributed by atoms with Crippen molar-refractivity contribution in [3.63, 3.8) is 0 Å². The first-order valence-corrected chi connectivity index (χ1v) is 5.55. The Balaban J connectivity index is 2.55. The second kappa shape index (κ2) is 3.88. The second-order valence-corrected chi connectivity index (χ2v) is 4.09. The quantitative estimate of drug-likeness (QED) is 0.751. The van der Waals surface area contributed by atoms with Crippen molar-refractivity contribution in [3.8, 4) is 10.6 Å². The van der Waals surface area contributed by atoms with Gasteiger partial charge in [0.2, 0.25) is 0 Å². The van der Waals surface area contributed by atoms with Crippen molar-refractivity contribution in [2.75, 3.05) is 0 Å². The molecular formula is C11H12N2S. The molecule has 3 heteroatoms. The van der Waals surface area contributed by atoms with Gasteiger partial charge in [-0.2, -0.15) is 0 Å². The van der Waals surface area contributed by atoms with Gasteiger partial charge in [0.25, 0.3) is 0 Å². The molecular weight excluding hydrogens is 192 g/mol. The van der Waals surface area contributed by atoms with Gasteiger partial charge in [-0.1, -0.05) is 36.0 Å². The Morgan fingerprint density at radius 3 is 2.86 bits per heavy atom. The Morgan fingerprint density at radius 1 is 1.36 bits per heavy atom. The van der Waals surface area contributed by atoms with Gasteiger partial charge in [-0.3, -0.25) is 0 Å². The van der Waals surface area contributed by atoms with Crippen molar-refractivity contribution in [2.24, 2.45) is 0 Å². The van der Waals surface area contributed by atoms with E-state index in [4.69, 9.17) is 0 Å². The number of aromatic nitrogens is 2. The molecule has 0 fully saturated rings. The predicted octanol–water partition coefficient (Wildman–Crippen LogP) is 3.08. The van der Waals surface area contributed by atoms with Crippen LogP contribution < -0.4 is 0 Å². The molecule has 0 aliphatic rings. The van der Waals surface area contributed by atoms with E-state index in [0.29, 0.717) is 0 Å². The van der Waals surface area contributed by atoms with Gasteiger partial charge in [0.15, 0.2) is 0 Å². The van der Waals surface area contributed by atoms with E-state index in [1.54, 1.807) is 16.8 Å². The fourth-order valence-corrected chi connectivity index (χ4v) is 2.09. The van der Waals surface area contributed by atoms with E-state index in [2.05, 4.69) is 42.2 Å². The molecule has 2 aromatic rings. The molecule has 2 rings (SSSR count). The Kier molecular flexibility index (Phi) is 2.59. The van der Waals surface area contributed by atoms with E-state index >= 15 is 0 Å². The van der Waals surface area contributed by atoms with Crippen LogP contribution in [0.15, 0.2) is 23.7 Å². The molecule has 0 aliphatic carbocycles. The molecule has 0 unspecified atom stereocenters. The molecule has 1 aromatic carbocycles. The number of hydrogen-bond acceptors (Lipinski definition) is 3. The lowest BCUT2D eigenvalue weighted by Crippen LogP contribution is -1.88. The second-order valence-electron chi connectivity index (χ2n) is 3.26. The maximum absolute atomic E-state index is 4.10. The van der Waals surface area contributed by atoms with Gasteiger partial charge in [-0.25, -0.2) is 0 Å². The van der Waals surface area contributed by atoms with Gasteiger partial charge >= 0.3 is 0 Å². The molecule has 0 saturated carbocycles. The van der Waals surface area contributed by atoms with Gasteiger partial charge in [-0.15, -0.1) is 10.2 Å². The summed E-state index contributed by atoms with van der Waals surface area (Å²) in [7, 11) is 0. The zero-order valence-corrected chi connectivity index (χ0v) is 9.14. The summed E-state index contributed by atoms with van der Waals surface area (Å²) in [4.78, 5) is 0. The monoisotopic (exact) mass is 204 g/mol. The third kappa shape index (κ3) is 1.68. The summed E-state index contributed by atoms with van der Waals surface area (Å²) in [5, 5.41) is 9.00. The van der Waals surface area contributed by atoms with Gasteiger partial charge in [0, 0.05) is 5.56 Å². The van der Waals surface area contributed by atoms with Crippen molar-refractivity contribution in [3.05, 3.63) is 34.8 Å². The van der Waals surface area contributed by atoms with E-state index in [1.807, 2.05) is 0 Å². The van der Waals surface area contributed by atoms with E-state index in [0.717, 1.165) is 11.4 Å². The van der Waals surface area contributed by atoms with Crippen LogP contribution in [0.4, 0.5) is 0 Å². The molecule has 0 N–H and O–H groups in total. The zero-order chi connectivity index (χ0) is 9.97. The Labute approximate surface area is 87.6 Å². The Bertz CT molecular complexity index is 421. The SMILES string of the molecule is CCc1ccc(C)cc1-c1nncs1. The van der Waals surface area contributed by atoms with E-state index in [1.165, 1.54) is 16.7 Å². The molecule has 0 atom stereocenters. The van der Waals surface area contributed by atoms with Gasteiger partial charge < -0.3 is 0 Å². The van der Waals surface area contributed by atoms with Gasteiger partial charge in [0.05, 0.1) is 0 Å². The number of aryl methyl sites for hydroxylation is 2. The van der Waals surface area contributed by atoms with E-state index in [-0.39, 0.29) is 0 Å². The standard InChI is InChI=1S/C11H12N2S/c1-3-9-5-4-8(2)6-10(9)11-13-12-7-14-11/h4-7H,3H2,1-2H3. The lowest BCUT2D eigenvalue weighted by molar-refractivity contribution is 1.08. The largest absolute Gasteiger partial charge is 0.147 e. The van der Waals surface area contributed by atoms with Crippen molar-refractivity contribution < 1.29 is 0 Å². The Hall–Kier alpha value is -1.22. The summed E-state index contributed by atoms with van der Waals surface area (Å²) >= 11 is 1.59. The molecule has 0 aliphatic heterocycles. The minimum absolute atomic E-state index is 1.02. The van der Waals surface area contributed by atoms with Crippen molar-refractivity contribution >= 4 is 11.3 Å². The third-order valence-electron chi connectivity index (χ3n) is 2.24.